The molecule has 1 saturated heterocycles. The number of ether oxygens (including phenoxy) is 1. The molecule has 4 heterocycles. The molecular weight excluding hydrogens is 499 g/mol. The lowest BCUT2D eigenvalue weighted by Gasteiger charge is -2.40. The second kappa shape index (κ2) is 10.4. The molecule has 4 aromatic rings. The Kier molecular flexibility index (Phi) is 6.65. The van der Waals surface area contributed by atoms with Gasteiger partial charge in [0.25, 0.3) is 5.91 Å². The maximum Gasteiger partial charge on any atom is 0.251 e. The van der Waals surface area contributed by atoms with Crippen LogP contribution in [-0.2, 0) is 5.54 Å². The Bertz CT molecular complexity index is 1470. The molecule has 1 atom stereocenters. The molecule has 2 aromatic carbocycles. The normalized spacial score (nSPS) is 18.6. The fraction of sp³-hybridized carbons (Fsp3) is 0.321. The number of fused-ring (bicyclic) bond motifs is 1. The molecule has 2 aliphatic rings. The Morgan fingerprint density at radius 1 is 1.18 bits per heavy atom. The van der Waals surface area contributed by atoms with E-state index in [0.717, 1.165) is 37.4 Å². The van der Waals surface area contributed by atoms with Gasteiger partial charge in [-0.05, 0) is 62.4 Å². The van der Waals surface area contributed by atoms with Gasteiger partial charge in [-0.15, -0.1) is 0 Å². The van der Waals surface area contributed by atoms with E-state index in [1.54, 1.807) is 24.4 Å². The molecule has 11 heteroatoms. The molecule has 6 rings (SSSR count). The fourth-order valence-corrected chi connectivity index (χ4v) is 5.21. The van der Waals surface area contributed by atoms with Crippen molar-refractivity contribution in [2.24, 2.45) is 0 Å². The Labute approximate surface area is 225 Å². The number of hydrogen-bond acceptors (Lipinski definition) is 8. The minimum absolute atomic E-state index is 0.232. The smallest absolute Gasteiger partial charge is 0.251 e. The molecule has 1 fully saturated rings. The number of likely N-dealkylation sites (tertiary alicyclic amines) is 1. The van der Waals surface area contributed by atoms with Crippen molar-refractivity contribution in [3.63, 3.8) is 0 Å². The van der Waals surface area contributed by atoms with Gasteiger partial charge in [-0.25, -0.2) is 19.3 Å². The molecule has 200 valence electrons. The fourth-order valence-electron chi connectivity index (χ4n) is 5.21. The summed E-state index contributed by atoms with van der Waals surface area (Å²) in [6.45, 7) is 2.20. The van der Waals surface area contributed by atoms with Crippen molar-refractivity contribution in [2.75, 3.05) is 32.1 Å². The summed E-state index contributed by atoms with van der Waals surface area (Å²) >= 11 is 0. The minimum Gasteiger partial charge on any atom is -0.493 e. The van der Waals surface area contributed by atoms with Gasteiger partial charge in [0.2, 0.25) is 0 Å². The van der Waals surface area contributed by atoms with E-state index in [1.165, 1.54) is 18.5 Å². The lowest BCUT2D eigenvalue weighted by Crippen LogP contribution is -2.46. The third-order valence-corrected chi connectivity index (χ3v) is 7.42. The van der Waals surface area contributed by atoms with Crippen LogP contribution in [0.1, 0.15) is 47.1 Å². The van der Waals surface area contributed by atoms with Crippen LogP contribution in [0.4, 0.5) is 10.1 Å². The number of amides is 1. The van der Waals surface area contributed by atoms with Gasteiger partial charge in [-0.1, -0.05) is 6.07 Å². The van der Waals surface area contributed by atoms with Crippen LogP contribution in [0.3, 0.4) is 0 Å². The summed E-state index contributed by atoms with van der Waals surface area (Å²) in [7, 11) is 2.10. The maximum absolute atomic E-state index is 13.9. The van der Waals surface area contributed by atoms with Gasteiger partial charge in [0.05, 0.1) is 18.2 Å². The zero-order chi connectivity index (χ0) is 26.8. The van der Waals surface area contributed by atoms with Crippen molar-refractivity contribution >= 4 is 11.6 Å². The number of hydrogen-bond donors (Lipinski definition) is 3. The van der Waals surface area contributed by atoms with Gasteiger partial charge < -0.3 is 20.3 Å². The molecule has 0 aliphatic carbocycles. The van der Waals surface area contributed by atoms with Crippen LogP contribution in [0, 0.1) is 5.82 Å². The first-order valence-electron chi connectivity index (χ1n) is 13.0. The minimum atomic E-state index is -0.503. The highest BCUT2D eigenvalue weighted by molar-refractivity contribution is 5.95. The topological polar surface area (TPSA) is 121 Å². The van der Waals surface area contributed by atoms with E-state index in [0.29, 0.717) is 41.4 Å². The van der Waals surface area contributed by atoms with Crippen LogP contribution < -0.4 is 15.4 Å². The first kappa shape index (κ1) is 24.9. The van der Waals surface area contributed by atoms with Crippen molar-refractivity contribution in [1.29, 1.82) is 0 Å². The number of anilines is 1. The molecule has 3 N–H and O–H groups in total. The number of H-pyrrole nitrogens is 1. The molecule has 0 unspecified atom stereocenters. The molecule has 2 aliphatic heterocycles. The average molecular weight is 529 g/mol. The molecule has 0 saturated carbocycles. The van der Waals surface area contributed by atoms with Crippen molar-refractivity contribution in [2.45, 2.75) is 30.8 Å². The van der Waals surface area contributed by atoms with Gasteiger partial charge in [0, 0.05) is 42.5 Å². The van der Waals surface area contributed by atoms with Crippen LogP contribution in [0.15, 0.2) is 61.1 Å². The Balaban J connectivity index is 1.24. The van der Waals surface area contributed by atoms with Crippen molar-refractivity contribution in [3.05, 3.63) is 83.8 Å². The largest absolute Gasteiger partial charge is 0.493 e. The van der Waals surface area contributed by atoms with E-state index >= 15 is 0 Å². The third kappa shape index (κ3) is 5.17. The number of carbonyl (C=O) groups is 1. The molecule has 10 nitrogen and oxygen atoms in total. The SMILES string of the molecule is CN1CCC(Nc2cccc(C(=O)N[C@@H]3CCOc4ccc(F)cc43)c2)(c2nc(-c3ccncn3)n[nH]2)CC1. The first-order valence-corrected chi connectivity index (χ1v) is 13.0. The van der Waals surface area contributed by atoms with Crippen LogP contribution in [-0.4, -0.2) is 62.7 Å². The summed E-state index contributed by atoms with van der Waals surface area (Å²) in [5.41, 5.74) is 2.09. The van der Waals surface area contributed by atoms with E-state index in [-0.39, 0.29) is 17.8 Å². The van der Waals surface area contributed by atoms with Crippen molar-refractivity contribution < 1.29 is 13.9 Å². The van der Waals surface area contributed by atoms with Crippen LogP contribution in [0.25, 0.3) is 11.5 Å². The zero-order valence-corrected chi connectivity index (χ0v) is 21.5. The van der Waals surface area contributed by atoms with Gasteiger partial charge in [-0.2, -0.15) is 5.10 Å². The maximum atomic E-state index is 13.9. The number of aromatic nitrogens is 5. The van der Waals surface area contributed by atoms with Gasteiger partial charge in [0.1, 0.15) is 23.6 Å². The molecule has 0 bridgehead atoms. The molecule has 39 heavy (non-hydrogen) atoms. The monoisotopic (exact) mass is 528 g/mol. The van der Waals surface area contributed by atoms with Crippen LogP contribution in [0.5, 0.6) is 5.75 Å². The van der Waals surface area contributed by atoms with E-state index in [9.17, 15) is 9.18 Å². The summed E-state index contributed by atoms with van der Waals surface area (Å²) in [5, 5.41) is 14.3. The Hall–Kier alpha value is -4.38. The zero-order valence-electron chi connectivity index (χ0n) is 21.5. The highest BCUT2D eigenvalue weighted by Crippen LogP contribution is 2.36. The van der Waals surface area contributed by atoms with Crippen molar-refractivity contribution in [1.82, 2.24) is 35.4 Å². The number of nitrogens with zero attached hydrogens (tertiary/aromatic N) is 5. The number of rotatable bonds is 6. The third-order valence-electron chi connectivity index (χ3n) is 7.42. The lowest BCUT2D eigenvalue weighted by molar-refractivity contribution is 0.0924. The van der Waals surface area contributed by atoms with E-state index in [2.05, 4.69) is 42.7 Å². The Morgan fingerprint density at radius 2 is 2.05 bits per heavy atom. The van der Waals surface area contributed by atoms with Crippen molar-refractivity contribution in [3.8, 4) is 17.3 Å². The summed E-state index contributed by atoms with van der Waals surface area (Å²) in [6.07, 6.45) is 5.29. The Morgan fingerprint density at radius 3 is 2.87 bits per heavy atom. The molecule has 1 amide bonds. The quantitative estimate of drug-likeness (QED) is 0.347. The van der Waals surface area contributed by atoms with E-state index in [1.807, 2.05) is 18.2 Å². The van der Waals surface area contributed by atoms with Crippen LogP contribution >= 0.6 is 0 Å². The summed E-state index contributed by atoms with van der Waals surface area (Å²) < 4.78 is 19.5. The summed E-state index contributed by atoms with van der Waals surface area (Å²) in [4.78, 5) is 28.6. The number of halogens is 1. The molecule has 2 aromatic heterocycles. The predicted octanol–water partition coefficient (Wildman–Crippen LogP) is 3.69. The number of carbonyl (C=O) groups excluding carboxylic acids is 1. The molecule has 0 spiro atoms. The second-order valence-electron chi connectivity index (χ2n) is 10.0. The number of nitrogens with one attached hydrogen (secondary N) is 3. The van der Waals surface area contributed by atoms with E-state index < -0.39 is 5.54 Å². The highest BCUT2D eigenvalue weighted by atomic mass is 19.1. The average Bonchev–Trinajstić information content (AvgIpc) is 3.47. The molecule has 0 radical (unpaired) electrons. The number of aromatic amines is 1. The molecular formula is C28H29FN8O2. The highest BCUT2D eigenvalue weighted by Gasteiger charge is 2.39. The van der Waals surface area contributed by atoms with Gasteiger partial charge >= 0.3 is 0 Å². The second-order valence-corrected chi connectivity index (χ2v) is 10.0. The summed E-state index contributed by atoms with van der Waals surface area (Å²) in [5.74, 6) is 1.24. The summed E-state index contributed by atoms with van der Waals surface area (Å²) in [6, 6.07) is 13.2. The number of benzene rings is 2. The lowest BCUT2D eigenvalue weighted by atomic mass is 9.86. The first-order chi connectivity index (χ1) is 19.0. The van der Waals surface area contributed by atoms with Gasteiger partial charge in [0.15, 0.2) is 11.6 Å². The van der Waals surface area contributed by atoms with Crippen LogP contribution in [0.2, 0.25) is 0 Å². The standard InChI is InChI=1S/C28H29FN8O2/c1-37-12-9-28(10-13-37,27-33-25(35-36-27)23-7-11-30-17-31-23)34-20-4-2-3-18(15-20)26(38)32-22-8-14-39-24-6-5-19(29)16-21(22)24/h2-7,11,15-17,22,34H,8-10,12-14H2,1H3,(H,32,38)(H,33,35,36)/t22-/m1/s1. The number of piperidine rings is 1. The predicted molar refractivity (Wildman–Crippen MR) is 143 cm³/mol. The van der Waals surface area contributed by atoms with E-state index in [4.69, 9.17) is 9.72 Å². The van der Waals surface area contributed by atoms with Gasteiger partial charge in [-0.3, -0.25) is 9.89 Å².